The number of aryl methyl sites for hydroxylation is 1. The second-order valence-corrected chi connectivity index (χ2v) is 10.9. The Morgan fingerprint density at radius 1 is 0.861 bits per heavy atom. The maximum atomic E-state index is 12.9. The lowest BCUT2D eigenvalue weighted by atomic mass is 9.83. The number of esters is 1. The molecule has 192 valence electrons. The monoisotopic (exact) mass is 549 g/mol. The zero-order valence-corrected chi connectivity index (χ0v) is 24.2. The average Bonchev–Trinajstić information content (AvgIpc) is 2.88. The molecule has 0 bridgehead atoms. The third-order valence-corrected chi connectivity index (χ3v) is 7.18. The van der Waals surface area contributed by atoms with E-state index in [1.54, 1.807) is 0 Å². The molecule has 0 aliphatic carbocycles. The number of rotatable bonds is 10. The third-order valence-electron chi connectivity index (χ3n) is 6.62. The summed E-state index contributed by atoms with van der Waals surface area (Å²) in [5.41, 5.74) is 8.61. The van der Waals surface area contributed by atoms with Gasteiger partial charge in [-0.1, -0.05) is 73.1 Å². The van der Waals surface area contributed by atoms with Crippen molar-refractivity contribution in [3.05, 3.63) is 77.4 Å². The number of hydrogen-bond acceptors (Lipinski definition) is 3. The van der Waals surface area contributed by atoms with Gasteiger partial charge in [-0.05, 0) is 96.7 Å². The van der Waals surface area contributed by atoms with Crippen LogP contribution in [0.5, 0.6) is 0 Å². The second-order valence-electron chi connectivity index (χ2n) is 10.1. The van der Waals surface area contributed by atoms with Gasteiger partial charge in [0, 0.05) is 24.1 Å². The lowest BCUT2D eigenvalue weighted by molar-refractivity contribution is 0.0527. The van der Waals surface area contributed by atoms with E-state index < -0.39 is 0 Å². The Hall–Kier alpha value is -2.59. The highest BCUT2D eigenvalue weighted by atomic mass is 79.9. The molecule has 0 unspecified atom stereocenters. The summed E-state index contributed by atoms with van der Waals surface area (Å²) in [7, 11) is 0. The Morgan fingerprint density at radius 3 is 2.08 bits per heavy atom. The van der Waals surface area contributed by atoms with Gasteiger partial charge in [-0.3, -0.25) is 0 Å². The van der Waals surface area contributed by atoms with Crippen molar-refractivity contribution >= 4 is 27.6 Å². The van der Waals surface area contributed by atoms with Crippen molar-refractivity contribution in [1.82, 2.24) is 0 Å². The van der Waals surface area contributed by atoms with Crippen molar-refractivity contribution in [2.24, 2.45) is 0 Å². The first kappa shape index (κ1) is 28.0. The molecule has 0 amide bonds. The van der Waals surface area contributed by atoms with Gasteiger partial charge in [0.2, 0.25) is 0 Å². The number of hydrogen-bond donors (Lipinski definition) is 0. The van der Waals surface area contributed by atoms with Crippen molar-refractivity contribution in [3.63, 3.8) is 0 Å². The highest BCUT2D eigenvalue weighted by Gasteiger charge is 2.23. The van der Waals surface area contributed by atoms with Gasteiger partial charge in [0.15, 0.2) is 0 Å². The highest BCUT2D eigenvalue weighted by Crippen LogP contribution is 2.38. The zero-order valence-electron chi connectivity index (χ0n) is 22.7. The van der Waals surface area contributed by atoms with Gasteiger partial charge in [-0.25, -0.2) is 4.79 Å². The number of ether oxygens (including phenoxy) is 1. The van der Waals surface area contributed by atoms with Gasteiger partial charge >= 0.3 is 5.97 Å². The van der Waals surface area contributed by atoms with Crippen LogP contribution in [0, 0.1) is 0 Å². The van der Waals surface area contributed by atoms with E-state index in [4.69, 9.17) is 4.74 Å². The summed E-state index contributed by atoms with van der Waals surface area (Å²) in [4.78, 5) is 15.3. The summed E-state index contributed by atoms with van der Waals surface area (Å²) in [5.74, 6) is -0.283. The van der Waals surface area contributed by atoms with Crippen LogP contribution in [-0.2, 0) is 16.6 Å². The van der Waals surface area contributed by atoms with Crippen LogP contribution < -0.4 is 4.90 Å². The van der Waals surface area contributed by atoms with Crippen LogP contribution in [0.4, 0.5) is 5.69 Å². The molecule has 0 N–H and O–H groups in total. The Morgan fingerprint density at radius 2 is 1.50 bits per heavy atom. The summed E-state index contributed by atoms with van der Waals surface area (Å²) in [6.07, 6.45) is 2.18. The van der Waals surface area contributed by atoms with E-state index in [9.17, 15) is 4.79 Å². The zero-order chi connectivity index (χ0) is 26.3. The molecule has 0 saturated heterocycles. The average molecular weight is 551 g/mol. The summed E-state index contributed by atoms with van der Waals surface area (Å²) in [6.45, 7) is 15.2. The molecule has 3 nitrogen and oxygen atoms in total. The standard InChI is InChI=1S/C32H40BrNO2/c1-7-34(8-2)30-19-17-26(22-29(30)32(4,5)6)28-21-25(16-18-27(28)31(35)36-9-3)24-14-12-23(13-15-24)11-10-20-33/h12-19,21-22H,7-11,20H2,1-6H3. The van der Waals surface area contributed by atoms with Gasteiger partial charge in [-0.2, -0.15) is 0 Å². The fourth-order valence-corrected chi connectivity index (χ4v) is 4.91. The van der Waals surface area contributed by atoms with E-state index in [1.807, 2.05) is 19.1 Å². The van der Waals surface area contributed by atoms with E-state index in [1.165, 1.54) is 16.8 Å². The van der Waals surface area contributed by atoms with E-state index in [0.29, 0.717) is 12.2 Å². The largest absolute Gasteiger partial charge is 0.462 e. The molecule has 0 heterocycles. The maximum absolute atomic E-state index is 12.9. The second kappa shape index (κ2) is 12.6. The van der Waals surface area contributed by atoms with Gasteiger partial charge < -0.3 is 9.64 Å². The fraction of sp³-hybridized carbons (Fsp3) is 0.406. The molecular weight excluding hydrogens is 510 g/mol. The number of benzene rings is 3. The molecule has 0 aliphatic rings. The third kappa shape index (κ3) is 6.59. The minimum Gasteiger partial charge on any atom is -0.462 e. The summed E-state index contributed by atoms with van der Waals surface area (Å²) >= 11 is 3.51. The first-order chi connectivity index (χ1) is 17.2. The number of nitrogens with zero attached hydrogens (tertiary/aromatic N) is 1. The van der Waals surface area contributed by atoms with E-state index in [0.717, 1.165) is 53.5 Å². The van der Waals surface area contributed by atoms with Crippen LogP contribution in [0.2, 0.25) is 0 Å². The van der Waals surface area contributed by atoms with Crippen LogP contribution in [0.3, 0.4) is 0 Å². The highest BCUT2D eigenvalue weighted by molar-refractivity contribution is 9.09. The quantitative estimate of drug-likeness (QED) is 0.187. The molecule has 3 aromatic rings. The topological polar surface area (TPSA) is 29.5 Å². The molecular formula is C32H40BrNO2. The molecule has 3 rings (SSSR count). The predicted octanol–water partition coefficient (Wildman–Crippen LogP) is 8.67. The van der Waals surface area contributed by atoms with Crippen molar-refractivity contribution in [1.29, 1.82) is 0 Å². The van der Waals surface area contributed by atoms with Crippen molar-refractivity contribution < 1.29 is 9.53 Å². The molecule has 0 saturated carbocycles. The molecule has 0 spiro atoms. The molecule has 0 aliphatic heterocycles. The van der Waals surface area contributed by atoms with E-state index in [-0.39, 0.29) is 11.4 Å². The van der Waals surface area contributed by atoms with Crippen LogP contribution in [0.1, 0.15) is 69.4 Å². The molecule has 0 aromatic heterocycles. The fourth-order valence-electron chi connectivity index (χ4n) is 4.63. The number of carbonyl (C=O) groups is 1. The Labute approximate surface area is 226 Å². The van der Waals surface area contributed by atoms with E-state index in [2.05, 4.69) is 104 Å². The Bertz CT molecular complexity index is 1160. The molecule has 3 aromatic carbocycles. The van der Waals surface area contributed by atoms with Crippen molar-refractivity contribution in [2.45, 2.75) is 59.8 Å². The van der Waals surface area contributed by atoms with Gasteiger partial charge in [0.25, 0.3) is 0 Å². The van der Waals surface area contributed by atoms with Gasteiger partial charge in [0.1, 0.15) is 0 Å². The lowest BCUT2D eigenvalue weighted by Crippen LogP contribution is -2.26. The maximum Gasteiger partial charge on any atom is 0.338 e. The van der Waals surface area contributed by atoms with Gasteiger partial charge in [0.05, 0.1) is 12.2 Å². The molecule has 0 atom stereocenters. The normalized spacial score (nSPS) is 11.4. The summed E-state index contributed by atoms with van der Waals surface area (Å²) in [6, 6.07) is 21.5. The number of halogens is 1. The van der Waals surface area contributed by atoms with Crippen molar-refractivity contribution in [2.75, 3.05) is 29.9 Å². The Balaban J connectivity index is 2.15. The first-order valence-corrected chi connectivity index (χ1v) is 14.2. The van der Waals surface area contributed by atoms with Crippen LogP contribution in [0.15, 0.2) is 60.7 Å². The number of alkyl halides is 1. The Kier molecular flexibility index (Phi) is 9.78. The predicted molar refractivity (Wildman–Crippen MR) is 158 cm³/mol. The molecule has 36 heavy (non-hydrogen) atoms. The first-order valence-electron chi connectivity index (χ1n) is 13.1. The lowest BCUT2D eigenvalue weighted by Gasteiger charge is -2.31. The minimum absolute atomic E-state index is 0.0411. The minimum atomic E-state index is -0.283. The molecule has 4 heteroatoms. The van der Waals surface area contributed by atoms with Gasteiger partial charge in [-0.15, -0.1) is 0 Å². The molecule has 0 fully saturated rings. The van der Waals surface area contributed by atoms with E-state index >= 15 is 0 Å². The number of carbonyl (C=O) groups excluding carboxylic acids is 1. The van der Waals surface area contributed by atoms with Crippen LogP contribution in [-0.4, -0.2) is 31.0 Å². The summed E-state index contributed by atoms with van der Waals surface area (Å²) < 4.78 is 5.43. The number of anilines is 1. The molecule has 0 radical (unpaired) electrons. The van der Waals surface area contributed by atoms with Crippen LogP contribution >= 0.6 is 15.9 Å². The SMILES string of the molecule is CCOC(=O)c1ccc(-c2ccc(CCCBr)cc2)cc1-c1ccc(N(CC)CC)c(C(C)(C)C)c1. The van der Waals surface area contributed by atoms with Crippen molar-refractivity contribution in [3.8, 4) is 22.3 Å². The van der Waals surface area contributed by atoms with Crippen LogP contribution in [0.25, 0.3) is 22.3 Å². The smallest absolute Gasteiger partial charge is 0.338 e. The summed E-state index contributed by atoms with van der Waals surface area (Å²) in [5, 5.41) is 1.01.